The second-order valence-electron chi connectivity index (χ2n) is 10.7. The molecule has 6 heteroatoms. The highest BCUT2D eigenvalue weighted by molar-refractivity contribution is 6.74. The molecule has 0 fully saturated rings. The van der Waals surface area contributed by atoms with Gasteiger partial charge in [0.25, 0.3) is 0 Å². The standard InChI is InChI=1S/C27H48O5Si/c1-20(18-28)17-21(2)26(32-33(9,10)27(4,5)6)22(3)25(30-8)15-16-31-19-23-11-13-24(29-7)14-12-23/h11-14,17,21-22,25-26,28H,15-16,18-19H2,1-10H3/b20-17+/t21-,22-,25-,26+/m1/s1. The van der Waals surface area contributed by atoms with E-state index in [1.807, 2.05) is 31.2 Å². The molecule has 4 atom stereocenters. The highest BCUT2D eigenvalue weighted by atomic mass is 28.4. The van der Waals surface area contributed by atoms with Gasteiger partial charge in [0.2, 0.25) is 0 Å². The van der Waals surface area contributed by atoms with Crippen molar-refractivity contribution in [1.82, 2.24) is 0 Å². The number of rotatable bonds is 14. The highest BCUT2D eigenvalue weighted by Crippen LogP contribution is 2.40. The first-order valence-electron chi connectivity index (χ1n) is 12.1. The minimum absolute atomic E-state index is 0.000991. The van der Waals surface area contributed by atoms with Crippen molar-refractivity contribution < 1.29 is 23.7 Å². The maximum atomic E-state index is 9.54. The zero-order valence-electron chi connectivity index (χ0n) is 22.6. The Hall–Kier alpha value is -1.18. The van der Waals surface area contributed by atoms with Crippen LogP contribution in [0.3, 0.4) is 0 Å². The van der Waals surface area contributed by atoms with E-state index in [2.05, 4.69) is 53.8 Å². The molecule has 33 heavy (non-hydrogen) atoms. The molecule has 0 spiro atoms. The largest absolute Gasteiger partial charge is 0.497 e. The number of benzene rings is 1. The van der Waals surface area contributed by atoms with Crippen LogP contribution < -0.4 is 4.74 Å². The fourth-order valence-electron chi connectivity index (χ4n) is 3.73. The molecule has 1 rings (SSSR count). The second-order valence-corrected chi connectivity index (χ2v) is 15.5. The number of methoxy groups -OCH3 is 2. The molecule has 0 aliphatic heterocycles. The van der Waals surface area contributed by atoms with E-state index in [-0.39, 0.29) is 35.7 Å². The van der Waals surface area contributed by atoms with Crippen LogP contribution in [-0.2, 0) is 20.5 Å². The zero-order valence-corrected chi connectivity index (χ0v) is 23.6. The van der Waals surface area contributed by atoms with Gasteiger partial charge in [-0.05, 0) is 55.1 Å². The van der Waals surface area contributed by atoms with E-state index < -0.39 is 8.32 Å². The highest BCUT2D eigenvalue weighted by Gasteiger charge is 2.42. The summed E-state index contributed by atoms with van der Waals surface area (Å²) in [5, 5.41) is 9.65. The Kier molecular flexibility index (Phi) is 12.3. The molecule has 0 radical (unpaired) electrons. The average molecular weight is 481 g/mol. The summed E-state index contributed by atoms with van der Waals surface area (Å²) in [4.78, 5) is 0. The van der Waals surface area contributed by atoms with Crippen molar-refractivity contribution in [3.05, 3.63) is 41.5 Å². The van der Waals surface area contributed by atoms with Gasteiger partial charge in [-0.3, -0.25) is 0 Å². The summed E-state index contributed by atoms with van der Waals surface area (Å²) in [6.45, 7) is 19.0. The van der Waals surface area contributed by atoms with Crippen molar-refractivity contribution in [3.63, 3.8) is 0 Å². The molecule has 0 aliphatic rings. The number of ether oxygens (including phenoxy) is 3. The fraction of sp³-hybridized carbons (Fsp3) is 0.704. The van der Waals surface area contributed by atoms with Gasteiger partial charge in [-0.1, -0.05) is 58.4 Å². The molecule has 0 heterocycles. The Morgan fingerprint density at radius 1 is 1.09 bits per heavy atom. The summed E-state index contributed by atoms with van der Waals surface area (Å²) in [5.41, 5.74) is 2.09. The summed E-state index contributed by atoms with van der Waals surface area (Å²) in [6, 6.07) is 7.95. The van der Waals surface area contributed by atoms with Gasteiger partial charge in [0, 0.05) is 19.6 Å². The summed E-state index contributed by atoms with van der Waals surface area (Å²) in [7, 11) is 1.45. The summed E-state index contributed by atoms with van der Waals surface area (Å²) < 4.78 is 24.0. The van der Waals surface area contributed by atoms with E-state index in [1.165, 1.54) is 0 Å². The van der Waals surface area contributed by atoms with Gasteiger partial charge in [-0.2, -0.15) is 0 Å². The van der Waals surface area contributed by atoms with Crippen LogP contribution >= 0.6 is 0 Å². The summed E-state index contributed by atoms with van der Waals surface area (Å²) in [5.74, 6) is 1.19. The first-order valence-corrected chi connectivity index (χ1v) is 15.0. The Morgan fingerprint density at radius 2 is 1.70 bits per heavy atom. The van der Waals surface area contributed by atoms with Crippen molar-refractivity contribution in [2.45, 2.75) is 84.9 Å². The van der Waals surface area contributed by atoms with Crippen molar-refractivity contribution >= 4 is 8.32 Å². The summed E-state index contributed by atoms with van der Waals surface area (Å²) >= 11 is 0. The zero-order chi connectivity index (χ0) is 25.2. The van der Waals surface area contributed by atoms with Gasteiger partial charge in [0.15, 0.2) is 8.32 Å². The van der Waals surface area contributed by atoms with Gasteiger partial charge in [-0.15, -0.1) is 0 Å². The van der Waals surface area contributed by atoms with Crippen molar-refractivity contribution in [2.24, 2.45) is 11.8 Å². The van der Waals surface area contributed by atoms with E-state index >= 15 is 0 Å². The normalized spacial score (nSPS) is 16.9. The van der Waals surface area contributed by atoms with E-state index in [4.69, 9.17) is 18.6 Å². The molecule has 0 amide bonds. The Balaban J connectivity index is 2.86. The third-order valence-electron chi connectivity index (χ3n) is 6.93. The molecule has 0 saturated carbocycles. The predicted molar refractivity (Wildman–Crippen MR) is 139 cm³/mol. The topological polar surface area (TPSA) is 57.2 Å². The SMILES string of the molecule is COc1ccc(COCC[C@@H](OC)[C@@H](C)[C@@H](O[Si](C)(C)C(C)(C)C)[C@H](C)/C=C(\C)CO)cc1. The second kappa shape index (κ2) is 13.6. The predicted octanol–water partition coefficient (Wildman–Crippen LogP) is 6.22. The fourth-order valence-corrected chi connectivity index (χ4v) is 5.19. The third-order valence-corrected chi connectivity index (χ3v) is 11.4. The summed E-state index contributed by atoms with van der Waals surface area (Å²) in [6.07, 6.45) is 2.95. The molecule has 1 aromatic carbocycles. The average Bonchev–Trinajstić information content (AvgIpc) is 2.76. The van der Waals surface area contributed by atoms with Crippen molar-refractivity contribution in [1.29, 1.82) is 0 Å². The van der Waals surface area contributed by atoms with Crippen molar-refractivity contribution in [3.8, 4) is 5.75 Å². The van der Waals surface area contributed by atoms with E-state index in [0.29, 0.717) is 13.2 Å². The maximum Gasteiger partial charge on any atom is 0.192 e. The molecule has 0 unspecified atom stereocenters. The lowest BCUT2D eigenvalue weighted by Crippen LogP contribution is -2.49. The van der Waals surface area contributed by atoms with Crippen LogP contribution in [0.15, 0.2) is 35.9 Å². The molecule has 190 valence electrons. The molecule has 5 nitrogen and oxygen atoms in total. The van der Waals surface area contributed by atoms with Crippen molar-refractivity contribution in [2.75, 3.05) is 27.4 Å². The molecule has 1 N–H and O–H groups in total. The Morgan fingerprint density at radius 3 is 2.18 bits per heavy atom. The molecule has 0 saturated heterocycles. The molecule has 0 aromatic heterocycles. The number of aliphatic hydroxyl groups excluding tert-OH is 1. The molecule has 0 bridgehead atoms. The van der Waals surface area contributed by atoms with Gasteiger partial charge < -0.3 is 23.7 Å². The smallest absolute Gasteiger partial charge is 0.192 e. The van der Waals surface area contributed by atoms with Crippen LogP contribution in [0.1, 0.15) is 53.5 Å². The first kappa shape index (κ1) is 29.8. The third kappa shape index (κ3) is 9.53. The van der Waals surface area contributed by atoms with Crippen LogP contribution in [0.25, 0.3) is 0 Å². The van der Waals surface area contributed by atoms with Crippen LogP contribution in [-0.4, -0.2) is 53.1 Å². The van der Waals surface area contributed by atoms with Crippen LogP contribution in [0.5, 0.6) is 5.75 Å². The Labute approximate surface area is 203 Å². The van der Waals surface area contributed by atoms with Gasteiger partial charge in [-0.25, -0.2) is 0 Å². The number of aliphatic hydroxyl groups is 1. The lowest BCUT2D eigenvalue weighted by Gasteiger charge is -2.43. The van der Waals surface area contributed by atoms with Crippen LogP contribution in [0.4, 0.5) is 0 Å². The molecule has 1 aromatic rings. The van der Waals surface area contributed by atoms with E-state index in [1.54, 1.807) is 14.2 Å². The molecular weight excluding hydrogens is 432 g/mol. The first-order chi connectivity index (χ1) is 15.4. The van der Waals surface area contributed by atoms with Gasteiger partial charge in [0.1, 0.15) is 5.75 Å². The quantitative estimate of drug-likeness (QED) is 0.195. The van der Waals surface area contributed by atoms with E-state index in [0.717, 1.165) is 23.3 Å². The van der Waals surface area contributed by atoms with Crippen LogP contribution in [0, 0.1) is 11.8 Å². The minimum atomic E-state index is -1.99. The minimum Gasteiger partial charge on any atom is -0.497 e. The van der Waals surface area contributed by atoms with E-state index in [9.17, 15) is 5.11 Å². The number of hydrogen-bond acceptors (Lipinski definition) is 5. The Bertz CT molecular complexity index is 708. The number of hydrogen-bond donors (Lipinski definition) is 1. The van der Waals surface area contributed by atoms with Crippen LogP contribution in [0.2, 0.25) is 18.1 Å². The maximum absolute atomic E-state index is 9.54. The van der Waals surface area contributed by atoms with Gasteiger partial charge in [0.05, 0.1) is 32.5 Å². The molecular formula is C27H48O5Si. The monoisotopic (exact) mass is 480 g/mol. The lowest BCUT2D eigenvalue weighted by atomic mass is 9.87. The molecule has 0 aliphatic carbocycles. The lowest BCUT2D eigenvalue weighted by molar-refractivity contribution is -0.0315. The van der Waals surface area contributed by atoms with Gasteiger partial charge >= 0.3 is 0 Å².